The van der Waals surface area contributed by atoms with Crippen LogP contribution in [0.4, 0.5) is 24.5 Å². The van der Waals surface area contributed by atoms with Gasteiger partial charge in [0.25, 0.3) is 5.56 Å². The second kappa shape index (κ2) is 14.1. The second-order valence-corrected chi connectivity index (χ2v) is 12.2. The topological polar surface area (TPSA) is 154 Å². The first-order chi connectivity index (χ1) is 23.9. The highest BCUT2D eigenvalue weighted by Crippen LogP contribution is 2.34. The molecule has 5 heterocycles. The highest BCUT2D eigenvalue weighted by atomic mass is 35.5. The molecule has 1 aromatic carbocycles. The summed E-state index contributed by atoms with van der Waals surface area (Å²) in [6.45, 7) is 2.44. The van der Waals surface area contributed by atoms with E-state index in [4.69, 9.17) is 27.2 Å². The molecule has 2 unspecified atom stereocenters. The summed E-state index contributed by atoms with van der Waals surface area (Å²) in [5, 5.41) is 13.9. The van der Waals surface area contributed by atoms with Crippen LogP contribution >= 0.6 is 11.6 Å². The van der Waals surface area contributed by atoms with E-state index < -0.39 is 23.5 Å². The Hall–Kier alpha value is -5.57. The van der Waals surface area contributed by atoms with Crippen molar-refractivity contribution in [3.05, 3.63) is 106 Å². The van der Waals surface area contributed by atoms with Crippen LogP contribution in [0.1, 0.15) is 37.9 Å². The molecule has 260 valence electrons. The van der Waals surface area contributed by atoms with Crippen LogP contribution in [0, 0.1) is 5.92 Å². The molecule has 0 saturated carbocycles. The first-order valence-electron chi connectivity index (χ1n) is 15.7. The Labute approximate surface area is 289 Å². The van der Waals surface area contributed by atoms with Crippen LogP contribution in [0.5, 0.6) is 0 Å². The van der Waals surface area contributed by atoms with Crippen LogP contribution in [0.3, 0.4) is 0 Å². The minimum atomic E-state index is -4.73. The number of ether oxygens (including phenoxy) is 1. The Bertz CT molecular complexity index is 2090. The van der Waals surface area contributed by atoms with Gasteiger partial charge in [-0.3, -0.25) is 19.1 Å². The Balaban J connectivity index is 1.40. The summed E-state index contributed by atoms with van der Waals surface area (Å²) in [5.74, 6) is 0.00415. The van der Waals surface area contributed by atoms with Crippen molar-refractivity contribution in [2.75, 3.05) is 24.3 Å². The molecule has 6 rings (SSSR count). The first-order valence-corrected chi connectivity index (χ1v) is 16.0. The van der Waals surface area contributed by atoms with Crippen molar-refractivity contribution in [3.63, 3.8) is 0 Å². The standard InChI is InChI=1S/C34H33ClF3N9O3/c1-19-5-3-6-27(46-18-43-24(15-30(46)48)22-14-21(35)8-9-23(22)42-16-29(39)34(36,37)38)25-13-20(10-12-40-25)31-26(44-32(19)49)17-47(45-31)28-7-4-11-41-33(28)50-2/h4,7-10,12-19,27,41-42H,3,5-6,11,39H2,1-2H3,(H,44,49)/b29-16-. The molecule has 0 spiro atoms. The van der Waals surface area contributed by atoms with E-state index in [2.05, 4.69) is 25.9 Å². The number of alkyl halides is 3. The summed E-state index contributed by atoms with van der Waals surface area (Å²) < 4.78 is 47.6. The lowest BCUT2D eigenvalue weighted by atomic mass is 9.97. The highest BCUT2D eigenvalue weighted by molar-refractivity contribution is 6.31. The van der Waals surface area contributed by atoms with Crippen LogP contribution in [0.25, 0.3) is 28.2 Å². The lowest BCUT2D eigenvalue weighted by Gasteiger charge is -2.22. The maximum absolute atomic E-state index is 13.8. The van der Waals surface area contributed by atoms with E-state index in [1.165, 1.54) is 35.2 Å². The zero-order valence-electron chi connectivity index (χ0n) is 27.0. The van der Waals surface area contributed by atoms with Crippen LogP contribution in [0.15, 0.2) is 89.8 Å². The molecule has 2 aliphatic rings. The van der Waals surface area contributed by atoms with Gasteiger partial charge in [0.1, 0.15) is 17.1 Å². The van der Waals surface area contributed by atoms with Gasteiger partial charge in [-0.05, 0) is 49.2 Å². The predicted molar refractivity (Wildman–Crippen MR) is 184 cm³/mol. The van der Waals surface area contributed by atoms with Gasteiger partial charge < -0.3 is 26.4 Å². The maximum Gasteiger partial charge on any atom is 0.432 e. The molecule has 5 N–H and O–H groups in total. The number of nitrogens with zero attached hydrogens (tertiary/aromatic N) is 5. The second-order valence-electron chi connectivity index (χ2n) is 11.8. The number of carbonyl (C=O) groups excluding carboxylic acids is 1. The van der Waals surface area contributed by atoms with E-state index in [1.807, 2.05) is 25.1 Å². The number of nitrogens with two attached hydrogens (primary N) is 1. The number of allylic oxidation sites excluding steroid dienone is 3. The van der Waals surface area contributed by atoms with Crippen LogP contribution in [0.2, 0.25) is 5.02 Å². The van der Waals surface area contributed by atoms with E-state index in [9.17, 15) is 22.8 Å². The van der Waals surface area contributed by atoms with Gasteiger partial charge in [-0.1, -0.05) is 31.0 Å². The molecule has 2 atom stereocenters. The zero-order valence-corrected chi connectivity index (χ0v) is 27.7. The van der Waals surface area contributed by atoms with Crippen molar-refractivity contribution in [2.45, 2.75) is 38.4 Å². The van der Waals surface area contributed by atoms with Gasteiger partial charge in [0, 0.05) is 52.8 Å². The molecule has 0 fully saturated rings. The van der Waals surface area contributed by atoms with Crippen molar-refractivity contribution in [1.82, 2.24) is 29.6 Å². The van der Waals surface area contributed by atoms with E-state index >= 15 is 0 Å². The predicted octanol–water partition coefficient (Wildman–Crippen LogP) is 5.88. The van der Waals surface area contributed by atoms with Crippen molar-refractivity contribution >= 4 is 34.6 Å². The number of benzene rings is 1. The number of aromatic nitrogens is 5. The fourth-order valence-corrected chi connectivity index (χ4v) is 5.91. The molecule has 1 amide bonds. The molecule has 0 aliphatic carbocycles. The van der Waals surface area contributed by atoms with Crippen molar-refractivity contribution in [2.24, 2.45) is 11.7 Å². The third kappa shape index (κ3) is 7.22. The summed E-state index contributed by atoms with van der Waals surface area (Å²) in [4.78, 5) is 36.2. The molecular weight excluding hydrogens is 675 g/mol. The summed E-state index contributed by atoms with van der Waals surface area (Å²) >= 11 is 6.22. The summed E-state index contributed by atoms with van der Waals surface area (Å²) in [6.07, 6.45) is 6.02. The fraction of sp³-hybridized carbons (Fsp3) is 0.265. The molecule has 16 heteroatoms. The third-order valence-corrected chi connectivity index (χ3v) is 8.64. The minimum absolute atomic E-state index is 0.170. The van der Waals surface area contributed by atoms with Crippen molar-refractivity contribution in [1.29, 1.82) is 0 Å². The van der Waals surface area contributed by atoms with Crippen molar-refractivity contribution < 1.29 is 22.7 Å². The monoisotopic (exact) mass is 707 g/mol. The Morgan fingerprint density at radius 2 is 1.98 bits per heavy atom. The summed E-state index contributed by atoms with van der Waals surface area (Å²) in [5.41, 5.74) is 6.97. The smallest absolute Gasteiger partial charge is 0.432 e. The molecule has 0 radical (unpaired) electrons. The van der Waals surface area contributed by atoms with Gasteiger partial charge in [0.2, 0.25) is 11.8 Å². The van der Waals surface area contributed by atoms with Gasteiger partial charge >= 0.3 is 6.18 Å². The zero-order chi connectivity index (χ0) is 35.6. The lowest BCUT2D eigenvalue weighted by molar-refractivity contribution is -0.119. The summed E-state index contributed by atoms with van der Waals surface area (Å²) in [6, 6.07) is 8.77. The van der Waals surface area contributed by atoms with Gasteiger partial charge in [-0.25, -0.2) is 9.67 Å². The Morgan fingerprint density at radius 3 is 2.74 bits per heavy atom. The quantitative estimate of drug-likeness (QED) is 0.193. The van der Waals surface area contributed by atoms with Crippen LogP contribution in [-0.2, 0) is 9.53 Å². The number of nitrogens with one attached hydrogen (secondary N) is 3. The maximum atomic E-state index is 13.8. The van der Waals surface area contributed by atoms with Gasteiger partial charge in [0.05, 0.1) is 42.8 Å². The van der Waals surface area contributed by atoms with Crippen LogP contribution < -0.4 is 27.2 Å². The number of dihydropyridines is 1. The number of hydrogen-bond acceptors (Lipinski definition) is 9. The van der Waals surface area contributed by atoms with E-state index in [1.54, 1.807) is 30.3 Å². The number of pyridine rings is 1. The number of amides is 1. The number of anilines is 2. The largest absolute Gasteiger partial charge is 0.481 e. The van der Waals surface area contributed by atoms with Gasteiger partial charge in [0.15, 0.2) is 0 Å². The van der Waals surface area contributed by atoms with Gasteiger partial charge in [-0.2, -0.15) is 18.3 Å². The van der Waals surface area contributed by atoms with E-state index in [-0.39, 0.29) is 28.2 Å². The highest BCUT2D eigenvalue weighted by Gasteiger charge is 2.31. The molecule has 2 bridgehead atoms. The first kappa shape index (κ1) is 34.3. The fourth-order valence-electron chi connectivity index (χ4n) is 5.74. The third-order valence-electron chi connectivity index (χ3n) is 8.41. The average Bonchev–Trinajstić information content (AvgIpc) is 3.52. The molecule has 4 aromatic rings. The van der Waals surface area contributed by atoms with Gasteiger partial charge in [-0.15, -0.1) is 0 Å². The molecular formula is C34H33ClF3N9O3. The normalized spacial score (nSPS) is 18.4. The van der Waals surface area contributed by atoms with Crippen molar-refractivity contribution in [3.8, 4) is 22.5 Å². The Kier molecular flexibility index (Phi) is 9.68. The molecule has 2 aliphatic heterocycles. The Morgan fingerprint density at radius 1 is 1.16 bits per heavy atom. The lowest BCUT2D eigenvalue weighted by Crippen LogP contribution is -2.27. The number of rotatable bonds is 6. The number of fused-ring (bicyclic) bond motifs is 4. The van der Waals surface area contributed by atoms with E-state index in [0.717, 1.165) is 0 Å². The number of halogens is 4. The number of hydrogen-bond donors (Lipinski definition) is 4. The van der Waals surface area contributed by atoms with Crippen LogP contribution in [-0.4, -0.2) is 50.1 Å². The average molecular weight is 708 g/mol. The molecule has 50 heavy (non-hydrogen) atoms. The SMILES string of the molecule is COC1=C(n2cc3c(n2)-c2ccnc(c2)C(n2cnc(-c4cc(Cl)ccc4N/C=C(\N)C(F)(F)F)cc2=O)CCCC(C)C(=O)N3)C=CCN1. The number of methoxy groups -OCH3 is 1. The molecule has 0 saturated heterocycles. The molecule has 3 aromatic heterocycles. The minimum Gasteiger partial charge on any atom is -0.481 e. The summed E-state index contributed by atoms with van der Waals surface area (Å²) in [7, 11) is 1.56. The van der Waals surface area contributed by atoms with E-state index in [0.29, 0.717) is 71.8 Å². The molecule has 12 nitrogen and oxygen atoms in total. The number of carbonyl (C=O) groups is 1.